The molecule has 1 N–H and O–H groups in total. The molecule has 3 rings (SSSR count). The van der Waals surface area contributed by atoms with Gasteiger partial charge in [-0.25, -0.2) is 4.98 Å². The van der Waals surface area contributed by atoms with Crippen LogP contribution in [0.15, 0.2) is 11.4 Å². The molecule has 1 saturated carbocycles. The molecule has 0 atom stereocenters. The normalized spacial score (nSPS) is 15.6. The fourth-order valence-corrected chi connectivity index (χ4v) is 3.23. The number of fused-ring (bicyclic) bond motifs is 1. The molecule has 2 aromatic heterocycles. The summed E-state index contributed by atoms with van der Waals surface area (Å²) < 4.78 is 45.2. The van der Waals surface area contributed by atoms with E-state index in [0.29, 0.717) is 0 Å². The third kappa shape index (κ3) is 2.63. The molecule has 8 heteroatoms. The molecule has 2 aromatic rings. The predicted octanol–water partition coefficient (Wildman–Crippen LogP) is 3.61. The zero-order chi connectivity index (χ0) is 15.9. The van der Waals surface area contributed by atoms with Crippen LogP contribution in [-0.4, -0.2) is 24.0 Å². The van der Waals surface area contributed by atoms with Crippen LogP contribution < -0.4 is 10.1 Å². The Labute approximate surface area is 128 Å². The van der Waals surface area contributed by atoms with Crippen LogP contribution in [0.1, 0.15) is 35.2 Å². The highest BCUT2D eigenvalue weighted by Gasteiger charge is 2.36. The summed E-state index contributed by atoms with van der Waals surface area (Å²) in [6.45, 7) is 0. The maximum absolute atomic E-state index is 13.2. The summed E-state index contributed by atoms with van der Waals surface area (Å²) in [6.07, 6.45) is -1.99. The minimum atomic E-state index is -4.52. The molecule has 1 amide bonds. The number of halogens is 3. The van der Waals surface area contributed by atoms with Gasteiger partial charge < -0.3 is 10.1 Å². The fourth-order valence-electron chi connectivity index (χ4n) is 2.21. The lowest BCUT2D eigenvalue weighted by Crippen LogP contribution is -2.25. The van der Waals surface area contributed by atoms with Gasteiger partial charge in [0, 0.05) is 18.5 Å². The van der Waals surface area contributed by atoms with E-state index in [1.54, 1.807) is 0 Å². The molecule has 4 nitrogen and oxygen atoms in total. The Kier molecular flexibility index (Phi) is 3.72. The molecule has 0 aromatic carbocycles. The van der Waals surface area contributed by atoms with Gasteiger partial charge in [-0.1, -0.05) is 0 Å². The van der Waals surface area contributed by atoms with E-state index in [2.05, 4.69) is 10.3 Å². The monoisotopic (exact) mass is 330 g/mol. The van der Waals surface area contributed by atoms with Gasteiger partial charge >= 0.3 is 6.18 Å². The first-order chi connectivity index (χ1) is 10.4. The van der Waals surface area contributed by atoms with Gasteiger partial charge in [-0.05, 0) is 19.3 Å². The Balaban J connectivity index is 2.14. The van der Waals surface area contributed by atoms with Crippen molar-refractivity contribution >= 4 is 27.5 Å². The minimum absolute atomic E-state index is 0.0356. The van der Waals surface area contributed by atoms with Gasteiger partial charge in [0.15, 0.2) is 0 Å². The van der Waals surface area contributed by atoms with E-state index in [-0.39, 0.29) is 27.8 Å². The van der Waals surface area contributed by atoms with Crippen LogP contribution in [0.3, 0.4) is 0 Å². The average Bonchev–Trinajstić information content (AvgIpc) is 2.83. The molecule has 0 spiro atoms. The second-order valence-electron chi connectivity index (χ2n) is 5.08. The summed E-state index contributed by atoms with van der Waals surface area (Å²) in [5.41, 5.74) is -0.646. The second-order valence-corrected chi connectivity index (χ2v) is 5.96. The Morgan fingerprint density at radius 3 is 2.73 bits per heavy atom. The number of aromatic nitrogens is 1. The van der Waals surface area contributed by atoms with Gasteiger partial charge in [0.1, 0.15) is 6.10 Å². The van der Waals surface area contributed by atoms with Crippen LogP contribution >= 0.6 is 11.3 Å². The topological polar surface area (TPSA) is 51.2 Å². The van der Waals surface area contributed by atoms with Gasteiger partial charge in [-0.3, -0.25) is 4.79 Å². The highest BCUT2D eigenvalue weighted by molar-refractivity contribution is 7.17. The van der Waals surface area contributed by atoms with Gasteiger partial charge in [-0.2, -0.15) is 13.2 Å². The molecular formula is C14H13F3N2O2S. The summed E-state index contributed by atoms with van der Waals surface area (Å²) in [4.78, 5) is 15.9. The van der Waals surface area contributed by atoms with Gasteiger partial charge in [0.2, 0.25) is 5.88 Å². The molecule has 0 bridgehead atoms. The first-order valence-electron chi connectivity index (χ1n) is 6.78. The fraction of sp³-hybridized carbons (Fsp3) is 0.429. The molecule has 1 aliphatic rings. The highest BCUT2D eigenvalue weighted by atomic mass is 32.1. The Hall–Kier alpha value is -1.83. The lowest BCUT2D eigenvalue weighted by molar-refractivity contribution is -0.136. The number of carbonyl (C=O) groups excluding carboxylic acids is 1. The molecule has 118 valence electrons. The predicted molar refractivity (Wildman–Crippen MR) is 76.3 cm³/mol. The molecule has 0 unspecified atom stereocenters. The van der Waals surface area contributed by atoms with Crippen LogP contribution in [0.4, 0.5) is 13.2 Å². The zero-order valence-electron chi connectivity index (χ0n) is 11.7. The molecule has 1 fully saturated rings. The standard InChI is InChI=1S/C14H13F3N2O2S/c1-18-13(20)8-6-22-12-9(14(15,16)17)5-10(19-11(8)12)21-7-3-2-4-7/h5-7H,2-4H2,1H3,(H,18,20). The van der Waals surface area contributed by atoms with Crippen molar-refractivity contribution in [2.24, 2.45) is 0 Å². The summed E-state index contributed by atoms with van der Waals surface area (Å²) in [5.74, 6) is -0.541. The quantitative estimate of drug-likeness (QED) is 0.935. The largest absolute Gasteiger partial charge is 0.474 e. The zero-order valence-corrected chi connectivity index (χ0v) is 12.5. The van der Waals surface area contributed by atoms with Crippen LogP contribution in [0, 0.1) is 0 Å². The molecular weight excluding hydrogens is 317 g/mol. The van der Waals surface area contributed by atoms with E-state index >= 15 is 0 Å². The number of hydrogen-bond donors (Lipinski definition) is 1. The third-order valence-electron chi connectivity index (χ3n) is 3.62. The van der Waals surface area contributed by atoms with E-state index in [1.165, 1.54) is 12.4 Å². The molecule has 2 heterocycles. The van der Waals surface area contributed by atoms with Crippen molar-refractivity contribution in [3.8, 4) is 5.88 Å². The summed E-state index contributed by atoms with van der Waals surface area (Å²) >= 11 is 0.860. The van der Waals surface area contributed by atoms with Crippen LogP contribution in [0.2, 0.25) is 0 Å². The van der Waals surface area contributed by atoms with Crippen molar-refractivity contribution in [1.82, 2.24) is 10.3 Å². The molecule has 0 saturated heterocycles. The lowest BCUT2D eigenvalue weighted by atomic mass is 9.96. The highest BCUT2D eigenvalue weighted by Crippen LogP contribution is 2.40. The number of thiophene rings is 1. The van der Waals surface area contributed by atoms with Crippen molar-refractivity contribution in [3.05, 3.63) is 22.6 Å². The first-order valence-corrected chi connectivity index (χ1v) is 7.66. The number of ether oxygens (including phenoxy) is 1. The lowest BCUT2D eigenvalue weighted by Gasteiger charge is -2.26. The van der Waals surface area contributed by atoms with Crippen LogP contribution in [0.5, 0.6) is 5.88 Å². The Morgan fingerprint density at radius 2 is 2.18 bits per heavy atom. The van der Waals surface area contributed by atoms with Crippen molar-refractivity contribution in [1.29, 1.82) is 0 Å². The molecule has 0 aliphatic heterocycles. The number of alkyl halides is 3. The summed E-state index contributed by atoms with van der Waals surface area (Å²) in [7, 11) is 1.42. The van der Waals surface area contributed by atoms with E-state index < -0.39 is 17.6 Å². The maximum Gasteiger partial charge on any atom is 0.418 e. The number of hydrogen-bond acceptors (Lipinski definition) is 4. The molecule has 1 aliphatic carbocycles. The average molecular weight is 330 g/mol. The van der Waals surface area contributed by atoms with Crippen molar-refractivity contribution in [2.75, 3.05) is 7.05 Å². The second kappa shape index (κ2) is 5.42. The Bertz CT molecular complexity index is 723. The van der Waals surface area contributed by atoms with Crippen LogP contribution in [0.25, 0.3) is 10.2 Å². The number of pyridine rings is 1. The SMILES string of the molecule is CNC(=O)c1csc2c(C(F)(F)F)cc(OC3CCC3)nc12. The van der Waals surface area contributed by atoms with Crippen molar-refractivity contribution in [2.45, 2.75) is 31.5 Å². The molecule has 0 radical (unpaired) electrons. The van der Waals surface area contributed by atoms with Crippen LogP contribution in [-0.2, 0) is 6.18 Å². The smallest absolute Gasteiger partial charge is 0.418 e. The van der Waals surface area contributed by atoms with E-state index in [0.717, 1.165) is 36.7 Å². The number of carbonyl (C=O) groups is 1. The third-order valence-corrected chi connectivity index (χ3v) is 4.62. The van der Waals surface area contributed by atoms with Gasteiger partial charge in [0.05, 0.1) is 21.3 Å². The number of rotatable bonds is 3. The van der Waals surface area contributed by atoms with Crippen molar-refractivity contribution < 1.29 is 22.7 Å². The number of nitrogens with one attached hydrogen (secondary N) is 1. The Morgan fingerprint density at radius 1 is 1.45 bits per heavy atom. The van der Waals surface area contributed by atoms with Gasteiger partial charge in [0.25, 0.3) is 5.91 Å². The summed E-state index contributed by atoms with van der Waals surface area (Å²) in [5, 5.41) is 3.79. The van der Waals surface area contributed by atoms with E-state index in [4.69, 9.17) is 4.74 Å². The van der Waals surface area contributed by atoms with E-state index in [9.17, 15) is 18.0 Å². The molecule has 22 heavy (non-hydrogen) atoms. The van der Waals surface area contributed by atoms with E-state index in [1.807, 2.05) is 0 Å². The van der Waals surface area contributed by atoms with Gasteiger partial charge in [-0.15, -0.1) is 11.3 Å². The van der Waals surface area contributed by atoms with Crippen molar-refractivity contribution in [3.63, 3.8) is 0 Å². The maximum atomic E-state index is 13.2. The number of nitrogens with zero attached hydrogens (tertiary/aromatic N) is 1. The first kappa shape index (κ1) is 15.1. The number of amides is 1. The summed E-state index contributed by atoms with van der Waals surface area (Å²) in [6, 6.07) is 0.921. The minimum Gasteiger partial charge on any atom is -0.474 e.